The van der Waals surface area contributed by atoms with Gasteiger partial charge in [-0.1, -0.05) is 23.5 Å². The van der Waals surface area contributed by atoms with Crippen LogP contribution in [0.5, 0.6) is 0 Å². The predicted octanol–water partition coefficient (Wildman–Crippen LogP) is 2.82. The Labute approximate surface area is 148 Å². The molecule has 1 aromatic carbocycles. The molecule has 1 fully saturated rings. The fourth-order valence-corrected chi connectivity index (χ4v) is 3.93. The molecule has 1 N–H and O–H groups in total. The van der Waals surface area contributed by atoms with Gasteiger partial charge in [-0.25, -0.2) is 9.78 Å². The van der Waals surface area contributed by atoms with E-state index in [0.717, 1.165) is 34.6 Å². The number of rotatable bonds is 4. The number of pyridine rings is 1. The molecule has 4 rings (SSSR count). The van der Waals surface area contributed by atoms with E-state index in [2.05, 4.69) is 14.9 Å². The normalized spacial score (nSPS) is 14.8. The molecular formula is C18H17N3O3S. The van der Waals surface area contributed by atoms with Gasteiger partial charge < -0.3 is 14.7 Å². The van der Waals surface area contributed by atoms with Crippen LogP contribution in [0.15, 0.2) is 36.7 Å². The first-order chi connectivity index (χ1) is 12.2. The molecule has 0 saturated carbocycles. The van der Waals surface area contributed by atoms with Crippen LogP contribution in [0.1, 0.15) is 20.9 Å². The molecule has 2 aromatic heterocycles. The zero-order valence-electron chi connectivity index (χ0n) is 13.5. The third kappa shape index (κ3) is 3.33. The van der Waals surface area contributed by atoms with E-state index in [1.807, 2.05) is 30.5 Å². The number of hydrogen-bond acceptors (Lipinski definition) is 6. The van der Waals surface area contributed by atoms with Gasteiger partial charge >= 0.3 is 5.97 Å². The molecule has 1 aliphatic rings. The molecule has 0 atom stereocenters. The van der Waals surface area contributed by atoms with Crippen LogP contribution in [-0.4, -0.2) is 47.3 Å². The van der Waals surface area contributed by atoms with Crippen LogP contribution in [0.2, 0.25) is 0 Å². The number of anilines is 1. The maximum absolute atomic E-state index is 11.6. The van der Waals surface area contributed by atoms with Crippen LogP contribution in [0.3, 0.4) is 0 Å². The van der Waals surface area contributed by atoms with Crippen molar-refractivity contribution in [1.29, 1.82) is 0 Å². The van der Waals surface area contributed by atoms with Crippen LogP contribution >= 0.6 is 11.3 Å². The van der Waals surface area contributed by atoms with E-state index in [1.54, 1.807) is 6.20 Å². The largest absolute Gasteiger partial charge is 0.477 e. The van der Waals surface area contributed by atoms with Crippen LogP contribution in [0.25, 0.3) is 10.8 Å². The number of aromatic carboxylic acids is 1. The molecular weight excluding hydrogens is 338 g/mol. The van der Waals surface area contributed by atoms with Crippen molar-refractivity contribution in [2.75, 3.05) is 31.2 Å². The molecule has 0 bridgehead atoms. The van der Waals surface area contributed by atoms with Crippen molar-refractivity contribution in [3.05, 3.63) is 52.8 Å². The highest BCUT2D eigenvalue weighted by atomic mass is 32.1. The fraction of sp³-hybridized carbons (Fsp3) is 0.278. The third-order valence-electron chi connectivity index (χ3n) is 4.24. The Kier molecular flexibility index (Phi) is 4.33. The summed E-state index contributed by atoms with van der Waals surface area (Å²) in [5.74, 6) is -0.922. The molecule has 0 aliphatic carbocycles. The second-order valence-electron chi connectivity index (χ2n) is 5.91. The van der Waals surface area contributed by atoms with E-state index < -0.39 is 5.97 Å². The number of carboxylic acids is 1. The lowest BCUT2D eigenvalue weighted by atomic mass is 10.0. The minimum atomic E-state index is -0.922. The van der Waals surface area contributed by atoms with Crippen LogP contribution in [0, 0.1) is 0 Å². The Balaban J connectivity index is 1.65. The molecule has 7 heteroatoms. The fourth-order valence-electron chi connectivity index (χ4n) is 2.95. The highest BCUT2D eigenvalue weighted by Crippen LogP contribution is 2.29. The summed E-state index contributed by atoms with van der Waals surface area (Å²) in [5.41, 5.74) is 1.64. The van der Waals surface area contributed by atoms with Gasteiger partial charge in [0.25, 0.3) is 0 Å². The van der Waals surface area contributed by atoms with Crippen molar-refractivity contribution in [1.82, 2.24) is 9.97 Å². The quantitative estimate of drug-likeness (QED) is 0.776. The second kappa shape index (κ2) is 6.78. The average molecular weight is 355 g/mol. The van der Waals surface area contributed by atoms with E-state index in [4.69, 9.17) is 4.74 Å². The number of thiazole rings is 1. The summed E-state index contributed by atoms with van der Waals surface area (Å²) in [6.45, 7) is 2.78. The van der Waals surface area contributed by atoms with Crippen molar-refractivity contribution in [3.8, 4) is 0 Å². The first-order valence-corrected chi connectivity index (χ1v) is 8.91. The van der Waals surface area contributed by atoms with Gasteiger partial charge in [0.1, 0.15) is 4.88 Å². The number of benzene rings is 1. The zero-order valence-corrected chi connectivity index (χ0v) is 14.3. The molecule has 128 valence electrons. The number of aromatic nitrogens is 2. The van der Waals surface area contributed by atoms with Gasteiger partial charge in [-0.3, -0.25) is 4.98 Å². The van der Waals surface area contributed by atoms with Crippen molar-refractivity contribution in [3.63, 3.8) is 0 Å². The van der Waals surface area contributed by atoms with E-state index in [-0.39, 0.29) is 0 Å². The van der Waals surface area contributed by atoms with E-state index >= 15 is 0 Å². The number of nitrogens with zero attached hydrogens (tertiary/aromatic N) is 3. The van der Waals surface area contributed by atoms with Crippen LogP contribution in [-0.2, 0) is 11.2 Å². The minimum absolute atomic E-state index is 0.313. The summed E-state index contributed by atoms with van der Waals surface area (Å²) >= 11 is 1.24. The SMILES string of the molecule is O=C(O)c1sc(N2CCOCC2)nc1Cc1ccc2ccncc2c1. The minimum Gasteiger partial charge on any atom is -0.477 e. The Morgan fingerprint density at radius 2 is 2.08 bits per heavy atom. The first kappa shape index (κ1) is 16.0. The Morgan fingerprint density at radius 3 is 2.88 bits per heavy atom. The smallest absolute Gasteiger partial charge is 0.347 e. The highest BCUT2D eigenvalue weighted by Gasteiger charge is 2.22. The lowest BCUT2D eigenvalue weighted by Crippen LogP contribution is -2.36. The number of fused-ring (bicyclic) bond motifs is 1. The zero-order chi connectivity index (χ0) is 17.2. The molecule has 3 aromatic rings. The summed E-state index contributed by atoms with van der Waals surface area (Å²) in [6, 6.07) is 8.05. The van der Waals surface area contributed by atoms with Crippen LogP contribution in [0.4, 0.5) is 5.13 Å². The number of ether oxygens (including phenoxy) is 1. The number of carbonyl (C=O) groups is 1. The number of hydrogen-bond donors (Lipinski definition) is 1. The summed E-state index contributed by atoms with van der Waals surface area (Å²) in [7, 11) is 0. The Morgan fingerprint density at radius 1 is 1.24 bits per heavy atom. The van der Waals surface area contributed by atoms with Crippen molar-refractivity contribution in [2.24, 2.45) is 0 Å². The molecule has 25 heavy (non-hydrogen) atoms. The average Bonchev–Trinajstić information content (AvgIpc) is 3.06. The lowest BCUT2D eigenvalue weighted by molar-refractivity contribution is 0.0701. The predicted molar refractivity (Wildman–Crippen MR) is 96.7 cm³/mol. The number of morpholine rings is 1. The lowest BCUT2D eigenvalue weighted by Gasteiger charge is -2.26. The molecule has 0 amide bonds. The second-order valence-corrected chi connectivity index (χ2v) is 6.89. The molecule has 0 radical (unpaired) electrons. The topological polar surface area (TPSA) is 75.5 Å². The molecule has 1 aliphatic heterocycles. The Bertz CT molecular complexity index is 919. The maximum Gasteiger partial charge on any atom is 0.347 e. The van der Waals surface area contributed by atoms with Gasteiger partial charge in [-0.05, 0) is 23.1 Å². The monoisotopic (exact) mass is 355 g/mol. The molecule has 1 saturated heterocycles. The molecule has 0 spiro atoms. The Hall–Kier alpha value is -2.51. The van der Waals surface area contributed by atoms with E-state index in [0.29, 0.717) is 30.2 Å². The first-order valence-electron chi connectivity index (χ1n) is 8.09. The van der Waals surface area contributed by atoms with Crippen LogP contribution < -0.4 is 4.90 Å². The molecule has 6 nitrogen and oxygen atoms in total. The maximum atomic E-state index is 11.6. The van der Waals surface area contributed by atoms with Gasteiger partial charge in [0.15, 0.2) is 5.13 Å². The molecule has 3 heterocycles. The van der Waals surface area contributed by atoms with E-state index in [9.17, 15) is 9.90 Å². The van der Waals surface area contributed by atoms with Crippen molar-refractivity contribution < 1.29 is 14.6 Å². The third-order valence-corrected chi connectivity index (χ3v) is 5.38. The van der Waals surface area contributed by atoms with Crippen molar-refractivity contribution >= 4 is 33.2 Å². The van der Waals surface area contributed by atoms with Crippen molar-refractivity contribution in [2.45, 2.75) is 6.42 Å². The standard InChI is InChI=1S/C18H17N3O3S/c22-17(23)16-15(20-18(25-16)21-5-7-24-8-6-21)10-12-1-2-13-3-4-19-11-14(13)9-12/h1-4,9,11H,5-8,10H2,(H,22,23). The summed E-state index contributed by atoms with van der Waals surface area (Å²) in [6.07, 6.45) is 4.07. The van der Waals surface area contributed by atoms with Gasteiger partial charge in [-0.2, -0.15) is 0 Å². The summed E-state index contributed by atoms with van der Waals surface area (Å²) in [5, 5.41) is 12.5. The van der Waals surface area contributed by atoms with Gasteiger partial charge in [0.2, 0.25) is 0 Å². The van der Waals surface area contributed by atoms with Gasteiger partial charge in [0.05, 0.1) is 18.9 Å². The molecule has 0 unspecified atom stereocenters. The van der Waals surface area contributed by atoms with Gasteiger partial charge in [0, 0.05) is 37.3 Å². The van der Waals surface area contributed by atoms with E-state index in [1.165, 1.54) is 11.3 Å². The summed E-state index contributed by atoms with van der Waals surface area (Å²) in [4.78, 5) is 22.8. The van der Waals surface area contributed by atoms with Gasteiger partial charge in [-0.15, -0.1) is 0 Å². The summed E-state index contributed by atoms with van der Waals surface area (Å²) < 4.78 is 5.36. The highest BCUT2D eigenvalue weighted by molar-refractivity contribution is 7.17. The number of carboxylic acid groups (broad SMARTS) is 1.